The fraction of sp³-hybridized carbons (Fsp3) is 0.833. The molecule has 1 aromatic rings. The normalized spacial score (nSPS) is 25.4. The largest absolute Gasteiger partial charge is 0.300 e. The lowest BCUT2D eigenvalue weighted by molar-refractivity contribution is 0.351. The molecule has 0 spiro atoms. The lowest BCUT2D eigenvalue weighted by Crippen LogP contribution is -2.27. The maximum absolute atomic E-state index is 5.41. The Morgan fingerprint density at radius 2 is 2.12 bits per heavy atom. The monoisotopic (exact) mass is 271 g/mol. The number of aromatic nitrogens is 3. The molecule has 2 unspecified atom stereocenters. The van der Waals surface area contributed by atoms with Crippen molar-refractivity contribution < 1.29 is 0 Å². The molecule has 0 aromatic carbocycles. The number of thioether (sulfide) groups is 1. The van der Waals surface area contributed by atoms with E-state index >= 15 is 0 Å². The molecule has 0 radical (unpaired) electrons. The lowest BCUT2D eigenvalue weighted by atomic mass is 9.94. The highest BCUT2D eigenvalue weighted by Crippen LogP contribution is 2.37. The van der Waals surface area contributed by atoms with Gasteiger partial charge in [0.2, 0.25) is 0 Å². The van der Waals surface area contributed by atoms with Crippen LogP contribution in [0.2, 0.25) is 0 Å². The summed E-state index contributed by atoms with van der Waals surface area (Å²) in [5, 5.41) is 8.05. The van der Waals surface area contributed by atoms with Crippen molar-refractivity contribution in [3.8, 4) is 0 Å². The first kappa shape index (κ1) is 13.1. The smallest absolute Gasteiger partial charge is 0.195 e. The van der Waals surface area contributed by atoms with E-state index in [-0.39, 0.29) is 0 Å². The van der Waals surface area contributed by atoms with Gasteiger partial charge in [0.25, 0.3) is 0 Å². The van der Waals surface area contributed by atoms with Gasteiger partial charge in [-0.2, -0.15) is 16.9 Å². The molecule has 2 rings (SSSR count). The number of H-pyrrole nitrogens is 1. The minimum absolute atomic E-state index is 0.424. The second kappa shape index (κ2) is 5.57. The first-order valence-corrected chi connectivity index (χ1v) is 8.04. The molecule has 0 saturated heterocycles. The molecule has 96 valence electrons. The highest BCUT2D eigenvalue weighted by Gasteiger charge is 2.28. The van der Waals surface area contributed by atoms with Crippen LogP contribution in [0.4, 0.5) is 0 Å². The van der Waals surface area contributed by atoms with E-state index in [4.69, 9.17) is 12.2 Å². The van der Waals surface area contributed by atoms with E-state index in [9.17, 15) is 0 Å². The predicted molar refractivity (Wildman–Crippen MR) is 76.3 cm³/mol. The molecular formula is C12H21N3S2. The van der Waals surface area contributed by atoms with E-state index in [2.05, 4.69) is 34.9 Å². The first-order chi connectivity index (χ1) is 8.15. The zero-order valence-corrected chi connectivity index (χ0v) is 12.4. The van der Waals surface area contributed by atoms with Crippen LogP contribution in [-0.4, -0.2) is 26.3 Å². The average molecular weight is 271 g/mol. The van der Waals surface area contributed by atoms with Crippen molar-refractivity contribution in [3.63, 3.8) is 0 Å². The topological polar surface area (TPSA) is 33.6 Å². The predicted octanol–water partition coefficient (Wildman–Crippen LogP) is 3.91. The van der Waals surface area contributed by atoms with Crippen LogP contribution < -0.4 is 0 Å². The van der Waals surface area contributed by atoms with Gasteiger partial charge in [0.15, 0.2) is 4.77 Å². The Hall–Kier alpha value is -0.290. The van der Waals surface area contributed by atoms with Gasteiger partial charge in [0, 0.05) is 17.2 Å². The Balaban J connectivity index is 2.37. The van der Waals surface area contributed by atoms with Gasteiger partial charge in [-0.25, -0.2) is 0 Å². The zero-order valence-electron chi connectivity index (χ0n) is 10.8. The third kappa shape index (κ3) is 2.60. The molecule has 2 atom stereocenters. The Labute approximate surface area is 112 Å². The molecule has 1 heterocycles. The molecule has 1 fully saturated rings. The van der Waals surface area contributed by atoms with Gasteiger partial charge in [0.1, 0.15) is 5.82 Å². The molecule has 1 aliphatic carbocycles. The van der Waals surface area contributed by atoms with Gasteiger partial charge >= 0.3 is 0 Å². The maximum atomic E-state index is 5.41. The third-order valence-corrected chi connectivity index (χ3v) is 4.99. The minimum atomic E-state index is 0.424. The van der Waals surface area contributed by atoms with Crippen molar-refractivity contribution in [2.24, 2.45) is 0 Å². The van der Waals surface area contributed by atoms with Crippen LogP contribution in [0.15, 0.2) is 0 Å². The molecule has 1 N–H and O–H groups in total. The number of nitrogens with zero attached hydrogens (tertiary/aromatic N) is 2. The van der Waals surface area contributed by atoms with Gasteiger partial charge in [-0.3, -0.25) is 9.67 Å². The van der Waals surface area contributed by atoms with Crippen LogP contribution in [0, 0.1) is 4.77 Å². The van der Waals surface area contributed by atoms with Crippen molar-refractivity contribution >= 4 is 24.0 Å². The number of rotatable bonds is 3. The highest BCUT2D eigenvalue weighted by atomic mass is 32.2. The quantitative estimate of drug-likeness (QED) is 0.846. The SMILES string of the molecule is CSC1CCCCC1n1c(C(C)C)n[nH]c1=S. The molecule has 0 amide bonds. The fourth-order valence-electron chi connectivity index (χ4n) is 2.69. The summed E-state index contributed by atoms with van der Waals surface area (Å²) in [6, 6.07) is 0.530. The molecule has 1 aromatic heterocycles. The van der Waals surface area contributed by atoms with Crippen molar-refractivity contribution in [2.45, 2.75) is 56.7 Å². The molecule has 0 bridgehead atoms. The molecule has 3 nitrogen and oxygen atoms in total. The second-order valence-corrected chi connectivity index (χ2v) is 6.50. The van der Waals surface area contributed by atoms with E-state index in [1.165, 1.54) is 25.7 Å². The Morgan fingerprint density at radius 3 is 2.76 bits per heavy atom. The van der Waals surface area contributed by atoms with Crippen LogP contribution in [0.3, 0.4) is 0 Å². The summed E-state index contributed by atoms with van der Waals surface area (Å²) in [7, 11) is 0. The van der Waals surface area contributed by atoms with E-state index in [0.717, 1.165) is 10.6 Å². The summed E-state index contributed by atoms with van der Waals surface area (Å²) < 4.78 is 3.07. The summed E-state index contributed by atoms with van der Waals surface area (Å²) in [5.41, 5.74) is 0. The molecular weight excluding hydrogens is 250 g/mol. The van der Waals surface area contributed by atoms with Gasteiger partial charge in [0.05, 0.1) is 0 Å². The third-order valence-electron chi connectivity index (χ3n) is 3.55. The van der Waals surface area contributed by atoms with Crippen LogP contribution >= 0.6 is 24.0 Å². The standard InChI is InChI=1S/C12H21N3S2/c1-8(2)11-13-14-12(16)15(11)9-6-4-5-7-10(9)17-3/h8-10H,4-7H2,1-3H3,(H,14,16). The summed E-state index contributed by atoms with van der Waals surface area (Å²) in [6.07, 6.45) is 7.41. The molecule has 0 aliphatic heterocycles. The van der Waals surface area contributed by atoms with Crippen LogP contribution in [0.25, 0.3) is 0 Å². The van der Waals surface area contributed by atoms with E-state index in [1.54, 1.807) is 0 Å². The molecule has 17 heavy (non-hydrogen) atoms. The average Bonchev–Trinajstić information content (AvgIpc) is 2.71. The summed E-state index contributed by atoms with van der Waals surface area (Å²) in [6.45, 7) is 4.36. The number of nitrogens with one attached hydrogen (secondary N) is 1. The van der Waals surface area contributed by atoms with Gasteiger partial charge in [-0.15, -0.1) is 0 Å². The fourth-order valence-corrected chi connectivity index (χ4v) is 3.94. The molecule has 1 saturated carbocycles. The number of aromatic amines is 1. The van der Waals surface area contributed by atoms with Crippen LogP contribution in [0.5, 0.6) is 0 Å². The Bertz CT molecular complexity index is 422. The number of hydrogen-bond donors (Lipinski definition) is 1. The maximum Gasteiger partial charge on any atom is 0.195 e. The van der Waals surface area contributed by atoms with E-state index in [1.807, 2.05) is 11.8 Å². The van der Waals surface area contributed by atoms with Gasteiger partial charge < -0.3 is 0 Å². The summed E-state index contributed by atoms with van der Waals surface area (Å²) in [5.74, 6) is 1.54. The first-order valence-electron chi connectivity index (χ1n) is 6.34. The number of hydrogen-bond acceptors (Lipinski definition) is 3. The highest BCUT2D eigenvalue weighted by molar-refractivity contribution is 7.99. The van der Waals surface area contributed by atoms with Crippen LogP contribution in [0.1, 0.15) is 57.3 Å². The summed E-state index contributed by atoms with van der Waals surface area (Å²) in [4.78, 5) is 0. The zero-order chi connectivity index (χ0) is 12.4. The van der Waals surface area contributed by atoms with Gasteiger partial charge in [-0.1, -0.05) is 26.7 Å². The van der Waals surface area contributed by atoms with E-state index < -0.39 is 0 Å². The summed E-state index contributed by atoms with van der Waals surface area (Å²) >= 11 is 7.38. The Morgan fingerprint density at radius 1 is 1.41 bits per heavy atom. The molecule has 1 aliphatic rings. The van der Waals surface area contributed by atoms with Crippen LogP contribution in [-0.2, 0) is 0 Å². The second-order valence-electron chi connectivity index (χ2n) is 5.04. The van der Waals surface area contributed by atoms with Crippen molar-refractivity contribution in [1.29, 1.82) is 0 Å². The Kier molecular flexibility index (Phi) is 4.31. The van der Waals surface area contributed by atoms with Gasteiger partial charge in [-0.05, 0) is 31.3 Å². The minimum Gasteiger partial charge on any atom is -0.300 e. The lowest BCUT2D eigenvalue weighted by Gasteiger charge is -2.32. The van der Waals surface area contributed by atoms with Crippen molar-refractivity contribution in [2.75, 3.05) is 6.26 Å². The van der Waals surface area contributed by atoms with Crippen molar-refractivity contribution in [1.82, 2.24) is 14.8 Å². The van der Waals surface area contributed by atoms with Crippen molar-refractivity contribution in [3.05, 3.63) is 10.6 Å². The van der Waals surface area contributed by atoms with E-state index in [0.29, 0.717) is 17.2 Å². The molecule has 5 heteroatoms.